The van der Waals surface area contributed by atoms with Gasteiger partial charge < -0.3 is 14.2 Å². The third kappa shape index (κ3) is 54.9. The Labute approximate surface area is 420 Å². The average molecular weight is 942 g/mol. The molecule has 0 aromatic rings. The van der Waals surface area contributed by atoms with Gasteiger partial charge in [0.1, 0.15) is 6.61 Å². The second-order valence-electron chi connectivity index (χ2n) is 18.1. The Kier molecular flexibility index (Phi) is 54.5. The second-order valence-corrected chi connectivity index (χ2v) is 18.1. The summed E-state index contributed by atoms with van der Waals surface area (Å²) in [5, 5.41) is 0. The molecule has 0 saturated carbocycles. The van der Waals surface area contributed by atoms with E-state index in [0.717, 1.165) is 109 Å². The van der Waals surface area contributed by atoms with Crippen LogP contribution in [0, 0.1) is 0 Å². The summed E-state index contributed by atoms with van der Waals surface area (Å²) in [7, 11) is 0. The molecule has 0 saturated heterocycles. The standard InChI is InChI=1S/C63H104O5/c1-4-7-10-13-16-19-22-25-28-30-31-32-34-37-40-43-46-49-52-55-58-66-59-61(68-63(65)57-54-51-48-45-42-39-35-27-24-21-18-15-12-9-6-3)60-67-62(64)56-53-50-47-44-41-38-36-33-29-26-23-20-17-14-11-8-5-2/h7,9-10,12,16,18-19,21,25,27-28,31-32,35,37,40,42,45,51,54,61H,4-6,8,11,13-15,17,20,22-24,26,29-30,33-34,36,38-39,41,43-44,46-50,52-53,55-60H2,1-3H3/b10-7-,12-9-,19-16-,21-18-,28-25-,32-31-,35-27-,40-37-,45-42-,54-51-. The number of hydrogen-bond donors (Lipinski definition) is 0. The molecule has 0 N–H and O–H groups in total. The number of rotatable bonds is 50. The van der Waals surface area contributed by atoms with Gasteiger partial charge in [0.25, 0.3) is 0 Å². The monoisotopic (exact) mass is 941 g/mol. The highest BCUT2D eigenvalue weighted by molar-refractivity contribution is 5.71. The highest BCUT2D eigenvalue weighted by atomic mass is 16.6. The van der Waals surface area contributed by atoms with E-state index in [9.17, 15) is 9.59 Å². The van der Waals surface area contributed by atoms with Crippen molar-refractivity contribution in [2.75, 3.05) is 19.8 Å². The van der Waals surface area contributed by atoms with E-state index in [1.807, 2.05) is 12.2 Å². The molecule has 0 bridgehead atoms. The fourth-order valence-electron chi connectivity index (χ4n) is 7.44. The van der Waals surface area contributed by atoms with Gasteiger partial charge >= 0.3 is 11.9 Å². The molecular weight excluding hydrogens is 837 g/mol. The van der Waals surface area contributed by atoms with E-state index in [1.54, 1.807) is 0 Å². The molecule has 0 rings (SSSR count). The molecule has 5 nitrogen and oxygen atoms in total. The van der Waals surface area contributed by atoms with Gasteiger partial charge in [-0.05, 0) is 89.9 Å². The summed E-state index contributed by atoms with van der Waals surface area (Å²) in [4.78, 5) is 25.4. The summed E-state index contributed by atoms with van der Waals surface area (Å²) in [5.74, 6) is -0.559. The molecule has 1 atom stereocenters. The van der Waals surface area contributed by atoms with Gasteiger partial charge in [-0.3, -0.25) is 9.59 Å². The first-order chi connectivity index (χ1) is 33.6. The van der Waals surface area contributed by atoms with Crippen molar-refractivity contribution in [1.29, 1.82) is 0 Å². The fourth-order valence-corrected chi connectivity index (χ4v) is 7.44. The summed E-state index contributed by atoms with van der Waals surface area (Å²) < 4.78 is 17.3. The van der Waals surface area contributed by atoms with Crippen molar-refractivity contribution in [2.24, 2.45) is 0 Å². The summed E-state index contributed by atoms with van der Waals surface area (Å²) >= 11 is 0. The van der Waals surface area contributed by atoms with Crippen LogP contribution in [0.4, 0.5) is 0 Å². The zero-order valence-corrected chi connectivity index (χ0v) is 44.3. The quantitative estimate of drug-likeness (QED) is 0.0345. The van der Waals surface area contributed by atoms with E-state index >= 15 is 0 Å². The Balaban J connectivity index is 4.43. The molecule has 0 aliphatic heterocycles. The van der Waals surface area contributed by atoms with E-state index in [-0.39, 0.29) is 31.6 Å². The number of unbranched alkanes of at least 4 members (excludes halogenated alkanes) is 20. The van der Waals surface area contributed by atoms with Crippen molar-refractivity contribution in [3.63, 3.8) is 0 Å². The van der Waals surface area contributed by atoms with Crippen molar-refractivity contribution in [1.82, 2.24) is 0 Å². The van der Waals surface area contributed by atoms with Crippen LogP contribution in [-0.2, 0) is 23.8 Å². The largest absolute Gasteiger partial charge is 0.462 e. The summed E-state index contributed by atoms with van der Waals surface area (Å²) in [5.41, 5.74) is 0. The SMILES string of the molecule is CC/C=C\C/C=C\C/C=C\C/C=C\C/C=C\CCCCCCOCC(COC(=O)CCCCCCCCCCCCCCCCCCC)OC(=O)C/C=C\C/C=C\C/C=C\C/C=C\C/C=C\CC. The minimum atomic E-state index is -0.611. The van der Waals surface area contributed by atoms with Gasteiger partial charge in [-0.25, -0.2) is 0 Å². The third-order valence-electron chi connectivity index (χ3n) is 11.5. The van der Waals surface area contributed by atoms with Crippen LogP contribution in [0.1, 0.15) is 239 Å². The minimum absolute atomic E-state index is 0.0302. The molecule has 0 spiro atoms. The molecule has 0 aliphatic carbocycles. The van der Waals surface area contributed by atoms with Gasteiger partial charge in [-0.1, -0.05) is 258 Å². The van der Waals surface area contributed by atoms with Crippen LogP contribution < -0.4 is 0 Å². The summed E-state index contributed by atoms with van der Waals surface area (Å²) in [6.07, 6.45) is 81.0. The Morgan fingerprint density at radius 3 is 1.13 bits per heavy atom. The molecule has 5 heteroatoms. The van der Waals surface area contributed by atoms with E-state index in [2.05, 4.69) is 130 Å². The van der Waals surface area contributed by atoms with Gasteiger partial charge in [0.05, 0.1) is 13.0 Å². The molecular formula is C63H104O5. The number of carbonyl (C=O) groups is 2. The molecule has 1 unspecified atom stereocenters. The lowest BCUT2D eigenvalue weighted by molar-refractivity contribution is -0.162. The number of esters is 2. The van der Waals surface area contributed by atoms with Crippen LogP contribution in [0.2, 0.25) is 0 Å². The van der Waals surface area contributed by atoms with Gasteiger partial charge in [-0.15, -0.1) is 0 Å². The van der Waals surface area contributed by atoms with Crippen molar-refractivity contribution in [3.8, 4) is 0 Å². The maximum Gasteiger partial charge on any atom is 0.310 e. The first-order valence-corrected chi connectivity index (χ1v) is 28.1. The van der Waals surface area contributed by atoms with Crippen molar-refractivity contribution < 1.29 is 23.8 Å². The van der Waals surface area contributed by atoms with Crippen molar-refractivity contribution in [2.45, 2.75) is 245 Å². The lowest BCUT2D eigenvalue weighted by atomic mass is 10.0. The Morgan fingerprint density at radius 1 is 0.353 bits per heavy atom. The number of allylic oxidation sites excluding steroid dienone is 19. The predicted molar refractivity (Wildman–Crippen MR) is 297 cm³/mol. The molecule has 0 aromatic heterocycles. The summed E-state index contributed by atoms with van der Waals surface area (Å²) in [6, 6.07) is 0. The molecule has 68 heavy (non-hydrogen) atoms. The average Bonchev–Trinajstić information content (AvgIpc) is 3.34. The van der Waals surface area contributed by atoms with Crippen LogP contribution in [0.25, 0.3) is 0 Å². The second kappa shape index (κ2) is 57.6. The normalized spacial score (nSPS) is 13.2. The van der Waals surface area contributed by atoms with E-state index < -0.39 is 6.10 Å². The van der Waals surface area contributed by atoms with Crippen molar-refractivity contribution >= 4 is 11.9 Å². The van der Waals surface area contributed by atoms with Crippen LogP contribution in [0.15, 0.2) is 122 Å². The molecule has 0 aliphatic rings. The van der Waals surface area contributed by atoms with Crippen LogP contribution >= 0.6 is 0 Å². The van der Waals surface area contributed by atoms with Gasteiger partial charge in [0.2, 0.25) is 0 Å². The number of carbonyl (C=O) groups excluding carboxylic acids is 2. The Bertz CT molecular complexity index is 1390. The van der Waals surface area contributed by atoms with Crippen LogP contribution in [-0.4, -0.2) is 37.9 Å². The van der Waals surface area contributed by atoms with Crippen molar-refractivity contribution in [3.05, 3.63) is 122 Å². The van der Waals surface area contributed by atoms with E-state index in [1.165, 1.54) is 96.3 Å². The van der Waals surface area contributed by atoms with Gasteiger partial charge in [0, 0.05) is 13.0 Å². The zero-order valence-electron chi connectivity index (χ0n) is 44.3. The molecule has 0 radical (unpaired) electrons. The molecule has 0 heterocycles. The minimum Gasteiger partial charge on any atom is -0.462 e. The first kappa shape index (κ1) is 64.3. The van der Waals surface area contributed by atoms with Crippen LogP contribution in [0.3, 0.4) is 0 Å². The Morgan fingerprint density at radius 2 is 0.706 bits per heavy atom. The molecule has 0 fully saturated rings. The molecule has 386 valence electrons. The molecule has 0 aromatic carbocycles. The predicted octanol–water partition coefficient (Wildman–Crippen LogP) is 19.3. The number of hydrogen-bond acceptors (Lipinski definition) is 5. The van der Waals surface area contributed by atoms with Gasteiger partial charge in [0.15, 0.2) is 6.10 Å². The molecule has 0 amide bonds. The highest BCUT2D eigenvalue weighted by Gasteiger charge is 2.17. The van der Waals surface area contributed by atoms with Crippen LogP contribution in [0.5, 0.6) is 0 Å². The van der Waals surface area contributed by atoms with Gasteiger partial charge in [-0.2, -0.15) is 0 Å². The summed E-state index contributed by atoms with van der Waals surface area (Å²) in [6.45, 7) is 7.44. The third-order valence-corrected chi connectivity index (χ3v) is 11.5. The number of ether oxygens (including phenoxy) is 3. The maximum absolute atomic E-state index is 12.8. The topological polar surface area (TPSA) is 61.8 Å². The lowest BCUT2D eigenvalue weighted by Crippen LogP contribution is -2.29. The maximum atomic E-state index is 12.8. The van der Waals surface area contributed by atoms with E-state index in [4.69, 9.17) is 14.2 Å². The lowest BCUT2D eigenvalue weighted by Gasteiger charge is -2.18. The van der Waals surface area contributed by atoms with E-state index in [0.29, 0.717) is 13.0 Å². The Hall–Kier alpha value is -3.70. The zero-order chi connectivity index (χ0) is 49.2. The highest BCUT2D eigenvalue weighted by Crippen LogP contribution is 2.15. The fraction of sp³-hybridized carbons (Fsp3) is 0.651. The smallest absolute Gasteiger partial charge is 0.310 e. The first-order valence-electron chi connectivity index (χ1n) is 28.1.